The first kappa shape index (κ1) is 13.0. The highest BCUT2D eigenvalue weighted by Crippen LogP contribution is 2.42. The second kappa shape index (κ2) is 5.60. The van der Waals surface area contributed by atoms with Gasteiger partial charge in [0.05, 0.1) is 32.0 Å². The van der Waals surface area contributed by atoms with Gasteiger partial charge in [-0.3, -0.25) is 0 Å². The molecule has 1 atom stereocenters. The summed E-state index contributed by atoms with van der Waals surface area (Å²) < 4.78 is 11.2. The largest absolute Gasteiger partial charge is 0.376 e. The SMILES string of the molecule is c1ccc2c(c1)-c1ccccc1C2NCC1COCCO1. The molecule has 4 rings (SSSR count). The molecule has 3 heteroatoms. The number of benzene rings is 2. The van der Waals surface area contributed by atoms with Crippen molar-refractivity contribution in [1.29, 1.82) is 0 Å². The molecule has 1 saturated heterocycles. The maximum atomic E-state index is 5.73. The van der Waals surface area contributed by atoms with Crippen molar-refractivity contribution in [3.8, 4) is 11.1 Å². The molecular weight excluding hydrogens is 262 g/mol. The molecule has 2 aromatic carbocycles. The predicted octanol–water partition coefficient (Wildman–Crippen LogP) is 2.76. The van der Waals surface area contributed by atoms with Crippen LogP contribution >= 0.6 is 0 Å². The molecule has 0 amide bonds. The van der Waals surface area contributed by atoms with Gasteiger partial charge in [0.2, 0.25) is 0 Å². The summed E-state index contributed by atoms with van der Waals surface area (Å²) in [5, 5.41) is 3.66. The van der Waals surface area contributed by atoms with Gasteiger partial charge in [-0.25, -0.2) is 0 Å². The number of hydrogen-bond acceptors (Lipinski definition) is 3. The zero-order valence-electron chi connectivity index (χ0n) is 11.9. The Balaban J connectivity index is 1.59. The normalized spacial score (nSPS) is 21.0. The molecule has 3 nitrogen and oxygen atoms in total. The Bertz CT molecular complexity index is 589. The van der Waals surface area contributed by atoms with Crippen LogP contribution in [0.3, 0.4) is 0 Å². The van der Waals surface area contributed by atoms with E-state index in [2.05, 4.69) is 53.8 Å². The van der Waals surface area contributed by atoms with Crippen molar-refractivity contribution in [2.75, 3.05) is 26.4 Å². The molecule has 1 N–H and O–H groups in total. The summed E-state index contributed by atoms with van der Waals surface area (Å²) in [6.45, 7) is 2.91. The highest BCUT2D eigenvalue weighted by molar-refractivity contribution is 5.78. The Morgan fingerprint density at radius 2 is 1.57 bits per heavy atom. The molecule has 0 aromatic heterocycles. The van der Waals surface area contributed by atoms with E-state index >= 15 is 0 Å². The molecule has 1 fully saturated rings. The Morgan fingerprint density at radius 3 is 2.19 bits per heavy atom. The third-order valence-corrected chi connectivity index (χ3v) is 4.27. The van der Waals surface area contributed by atoms with Gasteiger partial charge in [0.25, 0.3) is 0 Å². The van der Waals surface area contributed by atoms with Gasteiger partial charge in [-0.15, -0.1) is 0 Å². The quantitative estimate of drug-likeness (QED) is 0.938. The first-order valence-electron chi connectivity index (χ1n) is 7.54. The number of rotatable bonds is 3. The van der Waals surface area contributed by atoms with Gasteiger partial charge in [-0.1, -0.05) is 48.5 Å². The lowest BCUT2D eigenvalue weighted by Crippen LogP contribution is -2.38. The van der Waals surface area contributed by atoms with E-state index in [4.69, 9.17) is 9.47 Å². The van der Waals surface area contributed by atoms with Gasteiger partial charge in [-0.2, -0.15) is 0 Å². The molecule has 2 aliphatic rings. The van der Waals surface area contributed by atoms with Crippen LogP contribution in [0.4, 0.5) is 0 Å². The number of nitrogens with one attached hydrogen (secondary N) is 1. The van der Waals surface area contributed by atoms with Crippen LogP contribution < -0.4 is 5.32 Å². The lowest BCUT2D eigenvalue weighted by Gasteiger charge is -2.25. The maximum Gasteiger partial charge on any atom is 0.0933 e. The van der Waals surface area contributed by atoms with Crippen LogP contribution in [0.25, 0.3) is 11.1 Å². The summed E-state index contributed by atoms with van der Waals surface area (Å²) >= 11 is 0. The van der Waals surface area contributed by atoms with Crippen LogP contribution in [-0.4, -0.2) is 32.5 Å². The Hall–Kier alpha value is -1.68. The van der Waals surface area contributed by atoms with Gasteiger partial charge < -0.3 is 14.8 Å². The summed E-state index contributed by atoms with van der Waals surface area (Å²) in [6.07, 6.45) is 0.152. The molecule has 2 aromatic rings. The van der Waals surface area contributed by atoms with Crippen molar-refractivity contribution in [2.24, 2.45) is 0 Å². The molecule has 1 aliphatic heterocycles. The molecule has 0 radical (unpaired) electrons. The third-order valence-electron chi connectivity index (χ3n) is 4.27. The van der Waals surface area contributed by atoms with Crippen molar-refractivity contribution in [1.82, 2.24) is 5.32 Å². The number of fused-ring (bicyclic) bond motifs is 3. The predicted molar refractivity (Wildman–Crippen MR) is 82.3 cm³/mol. The smallest absolute Gasteiger partial charge is 0.0933 e. The fourth-order valence-corrected chi connectivity index (χ4v) is 3.28. The van der Waals surface area contributed by atoms with Crippen LogP contribution in [-0.2, 0) is 9.47 Å². The van der Waals surface area contributed by atoms with Crippen molar-refractivity contribution >= 4 is 0 Å². The van der Waals surface area contributed by atoms with E-state index in [1.807, 2.05) is 0 Å². The average Bonchev–Trinajstić information content (AvgIpc) is 2.88. The summed E-state index contributed by atoms with van der Waals surface area (Å²) in [4.78, 5) is 0. The standard InChI is InChI=1S/C18H19NO2/c1-3-7-16-14(5-1)15-6-2-4-8-17(15)18(16)19-11-13-12-20-9-10-21-13/h1-8,13,18-19H,9-12H2. The van der Waals surface area contributed by atoms with E-state index in [1.165, 1.54) is 22.3 Å². The Kier molecular flexibility index (Phi) is 3.47. The number of ether oxygens (including phenoxy) is 2. The van der Waals surface area contributed by atoms with Crippen LogP contribution in [0, 0.1) is 0 Å². The maximum absolute atomic E-state index is 5.73. The van der Waals surface area contributed by atoms with Gasteiger partial charge in [-0.05, 0) is 22.3 Å². The fraction of sp³-hybridized carbons (Fsp3) is 0.333. The van der Waals surface area contributed by atoms with Gasteiger partial charge in [0.15, 0.2) is 0 Å². The van der Waals surface area contributed by atoms with Crippen LogP contribution in [0.5, 0.6) is 0 Å². The molecular formula is C18H19NO2. The summed E-state index contributed by atoms with van der Waals surface area (Å²) in [7, 11) is 0. The minimum atomic E-state index is 0.152. The van der Waals surface area contributed by atoms with Crippen LogP contribution in [0.2, 0.25) is 0 Å². The van der Waals surface area contributed by atoms with Crippen molar-refractivity contribution in [3.63, 3.8) is 0 Å². The molecule has 21 heavy (non-hydrogen) atoms. The van der Waals surface area contributed by atoms with Crippen molar-refractivity contribution in [2.45, 2.75) is 12.1 Å². The van der Waals surface area contributed by atoms with Gasteiger partial charge >= 0.3 is 0 Å². The fourth-order valence-electron chi connectivity index (χ4n) is 3.28. The van der Waals surface area contributed by atoms with Crippen molar-refractivity contribution in [3.05, 3.63) is 59.7 Å². The van der Waals surface area contributed by atoms with E-state index in [0.29, 0.717) is 19.8 Å². The lowest BCUT2D eigenvalue weighted by molar-refractivity contribution is -0.0868. The molecule has 108 valence electrons. The molecule has 1 unspecified atom stereocenters. The first-order chi connectivity index (χ1) is 10.4. The third kappa shape index (κ3) is 2.38. The summed E-state index contributed by atoms with van der Waals surface area (Å²) in [5.74, 6) is 0. The molecule has 0 saturated carbocycles. The van der Waals surface area contributed by atoms with E-state index in [-0.39, 0.29) is 12.1 Å². The van der Waals surface area contributed by atoms with Crippen molar-refractivity contribution < 1.29 is 9.47 Å². The van der Waals surface area contributed by atoms with Gasteiger partial charge in [0, 0.05) is 6.54 Å². The van der Waals surface area contributed by atoms with E-state index in [0.717, 1.165) is 6.54 Å². The number of hydrogen-bond donors (Lipinski definition) is 1. The van der Waals surface area contributed by atoms with E-state index in [9.17, 15) is 0 Å². The lowest BCUT2D eigenvalue weighted by atomic mass is 10.1. The highest BCUT2D eigenvalue weighted by Gasteiger charge is 2.28. The topological polar surface area (TPSA) is 30.5 Å². The molecule has 1 aliphatic carbocycles. The second-order valence-electron chi connectivity index (χ2n) is 5.58. The van der Waals surface area contributed by atoms with Gasteiger partial charge in [0.1, 0.15) is 0 Å². The molecule has 0 bridgehead atoms. The Labute approximate surface area is 124 Å². The minimum Gasteiger partial charge on any atom is -0.376 e. The van der Waals surface area contributed by atoms with E-state index < -0.39 is 0 Å². The zero-order valence-corrected chi connectivity index (χ0v) is 11.9. The summed E-state index contributed by atoms with van der Waals surface area (Å²) in [6, 6.07) is 17.5. The second-order valence-corrected chi connectivity index (χ2v) is 5.58. The first-order valence-corrected chi connectivity index (χ1v) is 7.54. The van der Waals surface area contributed by atoms with Crippen LogP contribution in [0.1, 0.15) is 17.2 Å². The Morgan fingerprint density at radius 1 is 0.905 bits per heavy atom. The summed E-state index contributed by atoms with van der Waals surface area (Å²) in [5.41, 5.74) is 5.39. The monoisotopic (exact) mass is 281 g/mol. The highest BCUT2D eigenvalue weighted by atomic mass is 16.6. The zero-order chi connectivity index (χ0) is 14.1. The minimum absolute atomic E-state index is 0.152. The van der Waals surface area contributed by atoms with E-state index in [1.54, 1.807) is 0 Å². The van der Waals surface area contributed by atoms with Crippen LogP contribution in [0.15, 0.2) is 48.5 Å². The average molecular weight is 281 g/mol. The molecule has 1 heterocycles. The molecule has 0 spiro atoms.